The van der Waals surface area contributed by atoms with Gasteiger partial charge in [0.2, 0.25) is 5.95 Å². The van der Waals surface area contributed by atoms with Crippen LogP contribution in [0.25, 0.3) is 22.0 Å². The molecule has 6 rings (SSSR count). The maximum atomic E-state index is 12.8. The van der Waals surface area contributed by atoms with Gasteiger partial charge in [-0.25, -0.2) is 14.8 Å². The first-order valence-corrected chi connectivity index (χ1v) is 12.4. The molecule has 2 aliphatic heterocycles. The van der Waals surface area contributed by atoms with E-state index in [0.717, 1.165) is 29.3 Å². The number of hydrogen-bond donors (Lipinski definition) is 1. The van der Waals surface area contributed by atoms with Gasteiger partial charge in [-0.3, -0.25) is 4.90 Å². The van der Waals surface area contributed by atoms with Crippen LogP contribution in [0.1, 0.15) is 33.6 Å². The lowest BCUT2D eigenvalue weighted by molar-refractivity contribution is 0.0125. The van der Waals surface area contributed by atoms with Crippen molar-refractivity contribution in [3.8, 4) is 22.6 Å². The number of halogens is 2. The molecule has 36 heavy (non-hydrogen) atoms. The van der Waals surface area contributed by atoms with Crippen molar-refractivity contribution in [1.82, 2.24) is 14.9 Å². The monoisotopic (exact) mass is 530 g/mol. The van der Waals surface area contributed by atoms with E-state index >= 15 is 0 Å². The number of nitrogens with one attached hydrogen (secondary N) is 1. The minimum Gasteiger partial charge on any atom is -0.495 e. The smallest absolute Gasteiger partial charge is 0.412 e. The highest BCUT2D eigenvalue weighted by molar-refractivity contribution is 6.41. The molecule has 2 saturated heterocycles. The maximum Gasteiger partial charge on any atom is 0.412 e. The van der Waals surface area contributed by atoms with Gasteiger partial charge in [0.1, 0.15) is 22.8 Å². The lowest BCUT2D eigenvalue weighted by atomic mass is 9.80. The van der Waals surface area contributed by atoms with Crippen LogP contribution < -0.4 is 14.8 Å². The normalized spacial score (nSPS) is 20.8. The number of anilines is 1. The molecule has 2 aromatic carbocycles. The van der Waals surface area contributed by atoms with Gasteiger partial charge in [-0.15, -0.1) is 0 Å². The summed E-state index contributed by atoms with van der Waals surface area (Å²) >= 11 is 13.2. The van der Waals surface area contributed by atoms with Gasteiger partial charge in [-0.05, 0) is 57.2 Å². The largest absolute Gasteiger partial charge is 0.495 e. The summed E-state index contributed by atoms with van der Waals surface area (Å²) in [5, 5.41) is 5.01. The second-order valence-corrected chi connectivity index (χ2v) is 11.0. The Morgan fingerprint density at radius 2 is 1.78 bits per heavy atom. The zero-order chi connectivity index (χ0) is 25.8. The van der Waals surface area contributed by atoms with E-state index in [1.807, 2.05) is 39.0 Å². The summed E-state index contributed by atoms with van der Waals surface area (Å²) in [6.07, 6.45) is 3.12. The average Bonchev–Trinajstić information content (AvgIpc) is 3.34. The van der Waals surface area contributed by atoms with Gasteiger partial charge in [-0.1, -0.05) is 29.3 Å². The molecule has 3 aliphatic rings. The molecule has 1 saturated carbocycles. The second kappa shape index (κ2) is 8.85. The van der Waals surface area contributed by atoms with Crippen LogP contribution in [0.4, 0.5) is 10.7 Å². The van der Waals surface area contributed by atoms with Crippen molar-refractivity contribution >= 4 is 46.1 Å². The first-order valence-electron chi connectivity index (χ1n) is 11.7. The standard InChI is InChI=1S/C26H28Cl2N4O4/c1-25(2,3)36-24(33)32-13-14-10-26(32,11-14)31-23-29-12-16-8-15(6-7-17(16)30-23)20-21(27)18(34-4)9-19(35-5)22(20)28/h6-9,12,14H,10-11,13H2,1-5H3,(H,29,30,31). The Labute approximate surface area is 219 Å². The average molecular weight is 531 g/mol. The molecule has 1 aliphatic carbocycles. The molecule has 10 heteroatoms. The van der Waals surface area contributed by atoms with Gasteiger partial charge in [0, 0.05) is 29.8 Å². The van der Waals surface area contributed by atoms with Crippen LogP contribution in [0, 0.1) is 5.92 Å². The molecule has 0 radical (unpaired) electrons. The number of methoxy groups -OCH3 is 2. The highest BCUT2D eigenvalue weighted by atomic mass is 35.5. The summed E-state index contributed by atoms with van der Waals surface area (Å²) < 4.78 is 16.4. The van der Waals surface area contributed by atoms with Crippen molar-refractivity contribution < 1.29 is 19.0 Å². The van der Waals surface area contributed by atoms with Crippen molar-refractivity contribution in [1.29, 1.82) is 0 Å². The van der Waals surface area contributed by atoms with Gasteiger partial charge in [0.05, 0.1) is 29.8 Å². The Morgan fingerprint density at radius 1 is 1.11 bits per heavy atom. The fourth-order valence-corrected chi connectivity index (χ4v) is 5.73. The number of ether oxygens (including phenoxy) is 3. The van der Waals surface area contributed by atoms with Gasteiger partial charge >= 0.3 is 6.09 Å². The summed E-state index contributed by atoms with van der Waals surface area (Å²) in [7, 11) is 3.08. The first-order chi connectivity index (χ1) is 17.0. The second-order valence-electron chi connectivity index (χ2n) is 10.3. The molecular formula is C26H28Cl2N4O4. The fourth-order valence-electron chi connectivity index (χ4n) is 5.01. The Hall–Kier alpha value is -2.97. The van der Waals surface area contributed by atoms with Gasteiger partial charge in [-0.2, -0.15) is 0 Å². The maximum absolute atomic E-state index is 12.8. The van der Waals surface area contributed by atoms with Crippen LogP contribution >= 0.6 is 23.2 Å². The molecule has 1 amide bonds. The Kier molecular flexibility index (Phi) is 6.08. The molecule has 1 aromatic heterocycles. The molecular weight excluding hydrogens is 503 g/mol. The predicted octanol–water partition coefficient (Wildman–Crippen LogP) is 6.39. The lowest BCUT2D eigenvalue weighted by Gasteiger charge is -2.42. The van der Waals surface area contributed by atoms with E-state index in [2.05, 4.69) is 10.3 Å². The van der Waals surface area contributed by atoms with Crippen molar-refractivity contribution in [3.63, 3.8) is 0 Å². The molecule has 1 N–H and O–H groups in total. The SMILES string of the molecule is COc1cc(OC)c(Cl)c(-c2ccc3nc(NC45CC(CN4C(=O)OC(C)(C)C)C5)ncc3c2)c1Cl. The van der Waals surface area contributed by atoms with Crippen LogP contribution in [-0.2, 0) is 4.74 Å². The number of benzene rings is 2. The van der Waals surface area contributed by atoms with E-state index in [0.29, 0.717) is 45.5 Å². The van der Waals surface area contributed by atoms with E-state index in [1.54, 1.807) is 31.4 Å². The lowest BCUT2D eigenvalue weighted by Crippen LogP contribution is -2.55. The van der Waals surface area contributed by atoms with Crippen LogP contribution in [0.15, 0.2) is 30.5 Å². The summed E-state index contributed by atoms with van der Waals surface area (Å²) in [6.45, 7) is 6.28. The third kappa shape index (κ3) is 4.26. The summed E-state index contributed by atoms with van der Waals surface area (Å²) in [4.78, 5) is 23.8. The third-order valence-electron chi connectivity index (χ3n) is 6.61. The quantitative estimate of drug-likeness (QED) is 0.408. The minimum absolute atomic E-state index is 0.317. The molecule has 8 nitrogen and oxygen atoms in total. The Morgan fingerprint density at radius 3 is 2.39 bits per heavy atom. The van der Waals surface area contributed by atoms with Crippen LogP contribution in [-0.4, -0.2) is 53.0 Å². The Balaban J connectivity index is 1.44. The number of rotatable bonds is 5. The van der Waals surface area contributed by atoms with E-state index in [1.165, 1.54) is 0 Å². The van der Waals surface area contributed by atoms with Gasteiger partial charge in [0.15, 0.2) is 0 Å². The molecule has 0 spiro atoms. The summed E-state index contributed by atoms with van der Waals surface area (Å²) in [5.41, 5.74) is 1.07. The topological polar surface area (TPSA) is 85.8 Å². The van der Waals surface area contributed by atoms with Gasteiger partial charge in [0.25, 0.3) is 0 Å². The zero-order valence-corrected chi connectivity index (χ0v) is 22.3. The molecule has 3 heterocycles. The van der Waals surface area contributed by atoms with Crippen molar-refractivity contribution in [3.05, 3.63) is 40.5 Å². The number of carbonyl (C=O) groups is 1. The Bertz CT molecular complexity index is 1320. The van der Waals surface area contributed by atoms with E-state index in [4.69, 9.17) is 42.4 Å². The zero-order valence-electron chi connectivity index (χ0n) is 20.8. The number of aromatic nitrogens is 2. The number of nitrogens with zero attached hydrogens (tertiary/aromatic N) is 3. The number of amides is 1. The van der Waals surface area contributed by atoms with E-state index in [-0.39, 0.29) is 6.09 Å². The number of hydrogen-bond acceptors (Lipinski definition) is 7. The van der Waals surface area contributed by atoms with Crippen LogP contribution in [0.2, 0.25) is 10.0 Å². The highest BCUT2D eigenvalue weighted by Crippen LogP contribution is 2.51. The minimum atomic E-state index is -0.555. The summed E-state index contributed by atoms with van der Waals surface area (Å²) in [6, 6.07) is 7.36. The van der Waals surface area contributed by atoms with Crippen LogP contribution in [0.5, 0.6) is 11.5 Å². The van der Waals surface area contributed by atoms with Gasteiger partial charge < -0.3 is 19.5 Å². The first kappa shape index (κ1) is 24.7. The number of fused-ring (bicyclic) bond motifs is 2. The molecule has 3 aromatic rings. The highest BCUT2D eigenvalue weighted by Gasteiger charge is 2.59. The predicted molar refractivity (Wildman–Crippen MR) is 140 cm³/mol. The van der Waals surface area contributed by atoms with Crippen LogP contribution in [0.3, 0.4) is 0 Å². The molecule has 0 atom stereocenters. The third-order valence-corrected chi connectivity index (χ3v) is 7.36. The molecule has 3 fully saturated rings. The number of carbonyl (C=O) groups excluding carboxylic acids is 1. The molecule has 0 unspecified atom stereocenters. The van der Waals surface area contributed by atoms with E-state index < -0.39 is 11.3 Å². The van der Waals surface area contributed by atoms with Crippen molar-refractivity contribution in [2.45, 2.75) is 44.9 Å². The van der Waals surface area contributed by atoms with Crippen molar-refractivity contribution in [2.24, 2.45) is 5.92 Å². The van der Waals surface area contributed by atoms with Crippen molar-refractivity contribution in [2.75, 3.05) is 26.1 Å². The van der Waals surface area contributed by atoms with E-state index in [9.17, 15) is 4.79 Å². The fraction of sp³-hybridized carbons (Fsp3) is 0.423. The molecule has 2 bridgehead atoms. The molecule has 190 valence electrons. The summed E-state index contributed by atoms with van der Waals surface area (Å²) in [5.74, 6) is 1.85.